The number of para-hydroxylation sites is 1. The fourth-order valence-corrected chi connectivity index (χ4v) is 2.64. The average Bonchev–Trinajstić information content (AvgIpc) is 2.41. The maximum absolute atomic E-state index is 13.6. The van der Waals surface area contributed by atoms with Crippen LogP contribution in [-0.4, -0.2) is 6.61 Å². The highest BCUT2D eigenvalue weighted by Crippen LogP contribution is 2.34. The lowest BCUT2D eigenvalue weighted by molar-refractivity contribution is -0.0504. The SMILES string of the molecule is Fc1ccccc1CC(Br)c1ccccc1OC(F)F. The molecule has 0 N–H and O–H groups in total. The van der Waals surface area contributed by atoms with Gasteiger partial charge in [-0.2, -0.15) is 8.78 Å². The van der Waals surface area contributed by atoms with E-state index in [-0.39, 0.29) is 16.4 Å². The monoisotopic (exact) mass is 344 g/mol. The van der Waals surface area contributed by atoms with Crippen molar-refractivity contribution in [3.63, 3.8) is 0 Å². The summed E-state index contributed by atoms with van der Waals surface area (Å²) in [6, 6.07) is 12.9. The van der Waals surface area contributed by atoms with Crippen LogP contribution in [0.3, 0.4) is 0 Å². The summed E-state index contributed by atoms with van der Waals surface area (Å²) in [7, 11) is 0. The highest BCUT2D eigenvalue weighted by molar-refractivity contribution is 9.09. The summed E-state index contributed by atoms with van der Waals surface area (Å²) in [5.41, 5.74) is 1.08. The first kappa shape index (κ1) is 14.9. The molecule has 1 unspecified atom stereocenters. The Morgan fingerprint density at radius 2 is 1.65 bits per heavy atom. The van der Waals surface area contributed by atoms with Crippen LogP contribution < -0.4 is 4.74 Å². The van der Waals surface area contributed by atoms with E-state index in [1.54, 1.807) is 36.4 Å². The molecule has 2 rings (SSSR count). The van der Waals surface area contributed by atoms with Gasteiger partial charge < -0.3 is 4.74 Å². The molecule has 0 spiro atoms. The van der Waals surface area contributed by atoms with E-state index < -0.39 is 6.61 Å². The van der Waals surface area contributed by atoms with Crippen LogP contribution in [-0.2, 0) is 6.42 Å². The highest BCUT2D eigenvalue weighted by atomic mass is 79.9. The van der Waals surface area contributed by atoms with Crippen LogP contribution in [0.15, 0.2) is 48.5 Å². The number of hydrogen-bond donors (Lipinski definition) is 0. The van der Waals surface area contributed by atoms with Crippen LogP contribution >= 0.6 is 15.9 Å². The molecule has 0 fully saturated rings. The molecule has 2 aromatic rings. The zero-order chi connectivity index (χ0) is 14.5. The van der Waals surface area contributed by atoms with Gasteiger partial charge in [-0.3, -0.25) is 0 Å². The minimum atomic E-state index is -2.88. The Morgan fingerprint density at radius 1 is 1.00 bits per heavy atom. The van der Waals surface area contributed by atoms with Gasteiger partial charge in [0, 0.05) is 10.4 Å². The van der Waals surface area contributed by atoms with Crippen molar-refractivity contribution < 1.29 is 17.9 Å². The molecule has 0 radical (unpaired) electrons. The summed E-state index contributed by atoms with van der Waals surface area (Å²) in [5.74, 6) is -0.218. The Bertz CT molecular complexity index is 575. The quantitative estimate of drug-likeness (QED) is 0.685. The molecule has 1 atom stereocenters. The second-order valence-corrected chi connectivity index (χ2v) is 5.28. The number of hydrogen-bond acceptors (Lipinski definition) is 1. The molecule has 0 amide bonds. The van der Waals surface area contributed by atoms with Crippen molar-refractivity contribution in [3.05, 3.63) is 65.5 Å². The Hall–Kier alpha value is -1.49. The van der Waals surface area contributed by atoms with E-state index in [0.29, 0.717) is 17.5 Å². The Kier molecular flexibility index (Phi) is 5.06. The van der Waals surface area contributed by atoms with E-state index >= 15 is 0 Å². The molecular formula is C15H12BrF3O. The first-order chi connectivity index (χ1) is 9.58. The van der Waals surface area contributed by atoms with Crippen molar-refractivity contribution in [1.29, 1.82) is 0 Å². The van der Waals surface area contributed by atoms with Crippen LogP contribution in [0.25, 0.3) is 0 Å². The number of ether oxygens (including phenoxy) is 1. The summed E-state index contributed by atoms with van der Waals surface area (Å²) < 4.78 is 42.8. The molecular weight excluding hydrogens is 333 g/mol. The normalized spacial score (nSPS) is 12.4. The second-order valence-electron chi connectivity index (χ2n) is 4.18. The van der Waals surface area contributed by atoms with Crippen LogP contribution in [0, 0.1) is 5.82 Å². The van der Waals surface area contributed by atoms with Gasteiger partial charge >= 0.3 is 6.61 Å². The van der Waals surface area contributed by atoms with Crippen molar-refractivity contribution in [1.82, 2.24) is 0 Å². The van der Waals surface area contributed by atoms with Gasteiger partial charge in [0.15, 0.2) is 0 Å². The van der Waals surface area contributed by atoms with E-state index in [9.17, 15) is 13.2 Å². The van der Waals surface area contributed by atoms with Crippen molar-refractivity contribution in [2.45, 2.75) is 17.9 Å². The lowest BCUT2D eigenvalue weighted by Crippen LogP contribution is -2.06. The van der Waals surface area contributed by atoms with Gasteiger partial charge in [0.2, 0.25) is 0 Å². The Morgan fingerprint density at radius 3 is 2.35 bits per heavy atom. The van der Waals surface area contributed by atoms with E-state index in [0.717, 1.165) is 0 Å². The van der Waals surface area contributed by atoms with E-state index in [2.05, 4.69) is 20.7 Å². The predicted molar refractivity (Wildman–Crippen MR) is 74.8 cm³/mol. The molecule has 0 aliphatic heterocycles. The van der Waals surface area contributed by atoms with Crippen molar-refractivity contribution in [3.8, 4) is 5.75 Å². The number of halogens is 4. The third kappa shape index (κ3) is 3.76. The fraction of sp³-hybridized carbons (Fsp3) is 0.200. The summed E-state index contributed by atoms with van der Waals surface area (Å²) >= 11 is 3.41. The molecule has 106 valence electrons. The first-order valence-corrected chi connectivity index (χ1v) is 6.90. The van der Waals surface area contributed by atoms with Crippen molar-refractivity contribution in [2.24, 2.45) is 0 Å². The van der Waals surface area contributed by atoms with Crippen molar-refractivity contribution >= 4 is 15.9 Å². The van der Waals surface area contributed by atoms with Crippen LogP contribution in [0.1, 0.15) is 16.0 Å². The summed E-state index contributed by atoms with van der Waals surface area (Å²) in [6.45, 7) is -2.88. The molecule has 0 saturated heterocycles. The minimum absolute atomic E-state index is 0.0979. The van der Waals surface area contributed by atoms with Crippen LogP contribution in [0.4, 0.5) is 13.2 Å². The van der Waals surface area contributed by atoms with E-state index in [1.807, 2.05) is 0 Å². The fourth-order valence-electron chi connectivity index (χ4n) is 1.91. The van der Waals surface area contributed by atoms with Crippen LogP contribution in [0.2, 0.25) is 0 Å². The molecule has 0 aliphatic carbocycles. The molecule has 5 heteroatoms. The van der Waals surface area contributed by atoms with Gasteiger partial charge in [0.05, 0.1) is 0 Å². The van der Waals surface area contributed by atoms with Gasteiger partial charge in [-0.1, -0.05) is 52.3 Å². The number of rotatable bonds is 5. The number of benzene rings is 2. The molecule has 0 heterocycles. The third-order valence-corrected chi connectivity index (χ3v) is 3.65. The first-order valence-electron chi connectivity index (χ1n) is 5.99. The Balaban J connectivity index is 2.21. The minimum Gasteiger partial charge on any atom is -0.435 e. The molecule has 0 bridgehead atoms. The summed E-state index contributed by atoms with van der Waals surface area (Å²) in [6.07, 6.45) is 0.344. The van der Waals surface area contributed by atoms with Gasteiger partial charge in [-0.15, -0.1) is 0 Å². The standard InChI is InChI=1S/C15H12BrF3O/c16-12(9-10-5-1-3-7-13(10)17)11-6-2-4-8-14(11)20-15(18)19/h1-8,12,15H,9H2. The lowest BCUT2D eigenvalue weighted by Gasteiger charge is -2.15. The molecule has 20 heavy (non-hydrogen) atoms. The van der Waals surface area contributed by atoms with Gasteiger partial charge in [0.1, 0.15) is 11.6 Å². The van der Waals surface area contributed by atoms with Gasteiger partial charge in [-0.25, -0.2) is 4.39 Å². The molecule has 0 aromatic heterocycles. The van der Waals surface area contributed by atoms with Crippen molar-refractivity contribution in [2.75, 3.05) is 0 Å². The number of alkyl halides is 3. The molecule has 0 aliphatic rings. The smallest absolute Gasteiger partial charge is 0.387 e. The van der Waals surface area contributed by atoms with E-state index in [4.69, 9.17) is 0 Å². The molecule has 0 saturated carbocycles. The largest absolute Gasteiger partial charge is 0.435 e. The van der Waals surface area contributed by atoms with Crippen LogP contribution in [0.5, 0.6) is 5.75 Å². The predicted octanol–water partition coefficient (Wildman–Crippen LogP) is 5.11. The second kappa shape index (κ2) is 6.79. The lowest BCUT2D eigenvalue weighted by atomic mass is 10.0. The van der Waals surface area contributed by atoms with E-state index in [1.165, 1.54) is 12.1 Å². The van der Waals surface area contributed by atoms with Gasteiger partial charge in [0.25, 0.3) is 0 Å². The maximum Gasteiger partial charge on any atom is 0.387 e. The van der Waals surface area contributed by atoms with Gasteiger partial charge in [-0.05, 0) is 24.1 Å². The zero-order valence-electron chi connectivity index (χ0n) is 10.4. The Labute approximate surface area is 123 Å². The maximum atomic E-state index is 13.6. The summed E-state index contributed by atoms with van der Waals surface area (Å²) in [4.78, 5) is -0.311. The molecule has 2 aromatic carbocycles. The zero-order valence-corrected chi connectivity index (χ0v) is 12.0. The summed E-state index contributed by atoms with van der Waals surface area (Å²) in [5, 5.41) is 0. The highest BCUT2D eigenvalue weighted by Gasteiger charge is 2.17. The topological polar surface area (TPSA) is 9.23 Å². The molecule has 1 nitrogen and oxygen atoms in total. The average molecular weight is 345 g/mol. The third-order valence-electron chi connectivity index (χ3n) is 2.83.